The number of para-hydroxylation sites is 1. The molecule has 1 N–H and O–H groups in total. The lowest BCUT2D eigenvalue weighted by Gasteiger charge is -2.27. The van der Waals surface area contributed by atoms with Gasteiger partial charge in [-0.1, -0.05) is 18.2 Å². The number of benzene rings is 1. The maximum atomic E-state index is 10.2. The first kappa shape index (κ1) is 12.2. The Labute approximate surface area is 113 Å². The van der Waals surface area contributed by atoms with Crippen LogP contribution in [0.4, 0.5) is 5.69 Å². The van der Waals surface area contributed by atoms with Gasteiger partial charge in [-0.3, -0.25) is 4.68 Å². The van der Waals surface area contributed by atoms with Gasteiger partial charge in [0.2, 0.25) is 0 Å². The van der Waals surface area contributed by atoms with Gasteiger partial charge in [0.05, 0.1) is 12.6 Å². The molecule has 2 aromatic rings. The molecule has 1 aromatic heterocycles. The van der Waals surface area contributed by atoms with Gasteiger partial charge in [0.15, 0.2) is 0 Å². The summed E-state index contributed by atoms with van der Waals surface area (Å²) in [4.78, 5) is 2.30. The molecule has 19 heavy (non-hydrogen) atoms. The van der Waals surface area contributed by atoms with Gasteiger partial charge in [0.1, 0.15) is 0 Å². The molecule has 3 rings (SSSR count). The van der Waals surface area contributed by atoms with E-state index in [1.54, 1.807) is 10.9 Å². The standard InChI is InChI=1S/C15H19N3O/c1-12-9-13-5-2-3-6-15(13)18(12)11-14(19)10-17-8-4-7-16-17/h2-8,12,14,19H,9-11H2,1H3/t12-,14-/m1/s1. The van der Waals surface area contributed by atoms with Crippen LogP contribution in [0.2, 0.25) is 0 Å². The van der Waals surface area contributed by atoms with Gasteiger partial charge in [-0.25, -0.2) is 0 Å². The van der Waals surface area contributed by atoms with Crippen LogP contribution in [-0.4, -0.2) is 33.6 Å². The van der Waals surface area contributed by atoms with Crippen molar-refractivity contribution in [2.45, 2.75) is 32.0 Å². The normalized spacial score (nSPS) is 19.5. The number of β-amino-alcohol motifs (C(OH)–C–C–N with tert-alkyl or cyclic N) is 1. The molecule has 0 saturated carbocycles. The van der Waals surface area contributed by atoms with E-state index in [9.17, 15) is 5.11 Å². The number of hydrogen-bond acceptors (Lipinski definition) is 3. The molecule has 4 heteroatoms. The number of aliphatic hydroxyl groups is 1. The maximum absolute atomic E-state index is 10.2. The lowest BCUT2D eigenvalue weighted by molar-refractivity contribution is 0.153. The van der Waals surface area contributed by atoms with E-state index in [2.05, 4.69) is 41.2 Å². The van der Waals surface area contributed by atoms with Crippen LogP contribution < -0.4 is 4.90 Å². The Kier molecular flexibility index (Phi) is 3.25. The van der Waals surface area contributed by atoms with Crippen molar-refractivity contribution in [3.63, 3.8) is 0 Å². The van der Waals surface area contributed by atoms with Crippen LogP contribution in [0.5, 0.6) is 0 Å². The number of hydrogen-bond donors (Lipinski definition) is 1. The average Bonchev–Trinajstić information content (AvgIpc) is 2.99. The number of aromatic nitrogens is 2. The van der Waals surface area contributed by atoms with E-state index in [0.29, 0.717) is 19.1 Å². The van der Waals surface area contributed by atoms with Crippen molar-refractivity contribution in [3.05, 3.63) is 48.3 Å². The second-order valence-corrected chi connectivity index (χ2v) is 5.22. The van der Waals surface area contributed by atoms with E-state index < -0.39 is 6.10 Å². The van der Waals surface area contributed by atoms with Gasteiger partial charge in [-0.15, -0.1) is 0 Å². The average molecular weight is 257 g/mol. The number of fused-ring (bicyclic) bond motifs is 1. The molecule has 1 aromatic carbocycles. The lowest BCUT2D eigenvalue weighted by atomic mass is 10.1. The summed E-state index contributed by atoms with van der Waals surface area (Å²) in [5, 5.41) is 14.4. The van der Waals surface area contributed by atoms with Gasteiger partial charge in [0, 0.05) is 30.7 Å². The van der Waals surface area contributed by atoms with Gasteiger partial charge < -0.3 is 10.0 Å². The second kappa shape index (κ2) is 5.05. The van der Waals surface area contributed by atoms with Crippen LogP contribution in [0.15, 0.2) is 42.7 Å². The molecule has 0 radical (unpaired) electrons. The van der Waals surface area contributed by atoms with Crippen molar-refractivity contribution in [1.29, 1.82) is 0 Å². The number of nitrogens with zero attached hydrogens (tertiary/aromatic N) is 3. The minimum absolute atomic E-state index is 0.409. The van der Waals surface area contributed by atoms with Crippen molar-refractivity contribution in [1.82, 2.24) is 9.78 Å². The highest BCUT2D eigenvalue weighted by Gasteiger charge is 2.27. The molecule has 0 fully saturated rings. The van der Waals surface area contributed by atoms with Crippen LogP contribution >= 0.6 is 0 Å². The van der Waals surface area contributed by atoms with Crippen molar-refractivity contribution in [3.8, 4) is 0 Å². The zero-order valence-corrected chi connectivity index (χ0v) is 11.1. The largest absolute Gasteiger partial charge is 0.389 e. The molecular weight excluding hydrogens is 238 g/mol. The van der Waals surface area contributed by atoms with Crippen molar-refractivity contribution in [2.24, 2.45) is 0 Å². The predicted octanol–water partition coefficient (Wildman–Crippen LogP) is 1.70. The zero-order valence-electron chi connectivity index (χ0n) is 11.1. The smallest absolute Gasteiger partial charge is 0.0910 e. The van der Waals surface area contributed by atoms with E-state index in [1.807, 2.05) is 12.3 Å². The molecular formula is C15H19N3O. The first-order chi connectivity index (χ1) is 9.24. The topological polar surface area (TPSA) is 41.3 Å². The molecule has 2 atom stereocenters. The van der Waals surface area contributed by atoms with Crippen LogP contribution in [0.3, 0.4) is 0 Å². The number of rotatable bonds is 4. The highest BCUT2D eigenvalue weighted by Crippen LogP contribution is 2.31. The molecule has 0 spiro atoms. The minimum atomic E-state index is -0.409. The summed E-state index contributed by atoms with van der Waals surface area (Å²) < 4.78 is 1.78. The molecule has 0 aliphatic carbocycles. The summed E-state index contributed by atoms with van der Waals surface area (Å²) >= 11 is 0. The highest BCUT2D eigenvalue weighted by molar-refractivity contribution is 5.59. The summed E-state index contributed by atoms with van der Waals surface area (Å²) in [7, 11) is 0. The van der Waals surface area contributed by atoms with Crippen LogP contribution in [-0.2, 0) is 13.0 Å². The molecule has 100 valence electrons. The van der Waals surface area contributed by atoms with E-state index in [-0.39, 0.29) is 0 Å². The Bertz CT molecular complexity index is 538. The van der Waals surface area contributed by atoms with Gasteiger partial charge in [-0.05, 0) is 31.0 Å². The maximum Gasteiger partial charge on any atom is 0.0910 e. The first-order valence-corrected chi connectivity index (χ1v) is 6.74. The van der Waals surface area contributed by atoms with Gasteiger partial charge >= 0.3 is 0 Å². The molecule has 2 heterocycles. The molecule has 4 nitrogen and oxygen atoms in total. The fourth-order valence-corrected chi connectivity index (χ4v) is 2.82. The summed E-state index contributed by atoms with van der Waals surface area (Å²) in [5.41, 5.74) is 2.64. The lowest BCUT2D eigenvalue weighted by Crippen LogP contribution is -2.38. The van der Waals surface area contributed by atoms with E-state index in [4.69, 9.17) is 0 Å². The molecule has 0 amide bonds. The molecule has 0 unspecified atom stereocenters. The van der Waals surface area contributed by atoms with E-state index in [0.717, 1.165) is 6.42 Å². The summed E-state index contributed by atoms with van der Waals surface area (Å²) in [6.07, 6.45) is 4.27. The van der Waals surface area contributed by atoms with Crippen molar-refractivity contribution in [2.75, 3.05) is 11.4 Å². The third kappa shape index (κ3) is 2.49. The van der Waals surface area contributed by atoms with Crippen molar-refractivity contribution >= 4 is 5.69 Å². The Morgan fingerprint density at radius 2 is 2.16 bits per heavy atom. The SMILES string of the molecule is C[C@@H]1Cc2ccccc2N1C[C@H](O)Cn1cccn1. The summed E-state index contributed by atoms with van der Waals surface area (Å²) in [6.45, 7) is 3.40. The van der Waals surface area contributed by atoms with E-state index in [1.165, 1.54) is 11.3 Å². The molecule has 1 aliphatic rings. The predicted molar refractivity (Wildman–Crippen MR) is 75.2 cm³/mol. The summed E-state index contributed by atoms with van der Waals surface area (Å²) in [6, 6.07) is 10.8. The van der Waals surface area contributed by atoms with Crippen molar-refractivity contribution < 1.29 is 5.11 Å². The Hall–Kier alpha value is -1.81. The van der Waals surface area contributed by atoms with Crippen LogP contribution in [0, 0.1) is 0 Å². The monoisotopic (exact) mass is 257 g/mol. The Morgan fingerprint density at radius 1 is 1.32 bits per heavy atom. The van der Waals surface area contributed by atoms with Gasteiger partial charge in [0.25, 0.3) is 0 Å². The third-order valence-electron chi connectivity index (χ3n) is 3.71. The number of anilines is 1. The fourth-order valence-electron chi connectivity index (χ4n) is 2.82. The number of aliphatic hydroxyl groups excluding tert-OH is 1. The first-order valence-electron chi connectivity index (χ1n) is 6.74. The molecule has 0 bridgehead atoms. The minimum Gasteiger partial charge on any atom is -0.389 e. The molecule has 1 aliphatic heterocycles. The van der Waals surface area contributed by atoms with Gasteiger partial charge in [-0.2, -0.15) is 5.10 Å². The van der Waals surface area contributed by atoms with E-state index >= 15 is 0 Å². The van der Waals surface area contributed by atoms with Crippen LogP contribution in [0.1, 0.15) is 12.5 Å². The molecule has 0 saturated heterocycles. The Balaban J connectivity index is 1.69. The summed E-state index contributed by atoms with van der Waals surface area (Å²) in [5.74, 6) is 0. The van der Waals surface area contributed by atoms with Crippen LogP contribution in [0.25, 0.3) is 0 Å². The fraction of sp³-hybridized carbons (Fsp3) is 0.400. The third-order valence-corrected chi connectivity index (χ3v) is 3.71. The Morgan fingerprint density at radius 3 is 2.95 bits per heavy atom. The second-order valence-electron chi connectivity index (χ2n) is 5.22. The zero-order chi connectivity index (χ0) is 13.2. The quantitative estimate of drug-likeness (QED) is 0.906. The highest BCUT2D eigenvalue weighted by atomic mass is 16.3.